The summed E-state index contributed by atoms with van der Waals surface area (Å²) in [6.45, 7) is 12.4. The van der Waals surface area contributed by atoms with E-state index in [0.29, 0.717) is 0 Å². The molecule has 0 fully saturated rings. The van der Waals surface area contributed by atoms with Crippen LogP contribution < -0.4 is 10.7 Å². The van der Waals surface area contributed by atoms with Crippen LogP contribution in [0.5, 0.6) is 0 Å². The number of hydrogen-bond acceptors (Lipinski definition) is 0. The van der Waals surface area contributed by atoms with Crippen molar-refractivity contribution in [3.05, 3.63) is 88.0 Å². The third kappa shape index (κ3) is 3.34. The summed E-state index contributed by atoms with van der Waals surface area (Å²) in [7, 11) is 0. The fourth-order valence-electron chi connectivity index (χ4n) is 4.04. The van der Waals surface area contributed by atoms with Crippen LogP contribution in [0, 0.1) is 41.5 Å². The Morgan fingerprint density at radius 2 is 0.769 bits per heavy atom. The van der Waals surface area contributed by atoms with Crippen molar-refractivity contribution in [2.24, 2.45) is 0 Å². The van der Waals surface area contributed by atoms with Gasteiger partial charge >= 0.3 is 162 Å². The van der Waals surface area contributed by atoms with Crippen LogP contribution in [0.2, 0.25) is 0 Å². The Balaban J connectivity index is 2.38. The molecule has 0 saturated heterocycles. The first-order chi connectivity index (χ1) is 12.2. The Hall–Kier alpha value is -1.61. The van der Waals surface area contributed by atoms with Crippen LogP contribution in [0.3, 0.4) is 0 Å². The van der Waals surface area contributed by atoms with Crippen molar-refractivity contribution in [2.45, 2.75) is 41.5 Å². The normalized spacial score (nSPS) is 11.7. The van der Waals surface area contributed by atoms with Gasteiger partial charge in [-0.05, 0) is 0 Å². The molecule has 0 aliphatic heterocycles. The van der Waals surface area contributed by atoms with Crippen LogP contribution in [0.25, 0.3) is 0 Å². The van der Waals surface area contributed by atoms with Gasteiger partial charge in [-0.1, -0.05) is 0 Å². The Kier molecular flexibility index (Phi) is 5.30. The van der Waals surface area contributed by atoms with Crippen molar-refractivity contribution >= 4 is 29.7 Å². The van der Waals surface area contributed by atoms with Gasteiger partial charge in [0.1, 0.15) is 0 Å². The molecule has 134 valence electrons. The van der Waals surface area contributed by atoms with E-state index in [-0.39, 0.29) is 0 Å². The van der Waals surface area contributed by atoms with Gasteiger partial charge in [-0.3, -0.25) is 0 Å². The van der Waals surface area contributed by atoms with Crippen LogP contribution >= 0.6 is 0 Å². The Morgan fingerprint density at radius 1 is 0.500 bits per heavy atom. The van der Waals surface area contributed by atoms with E-state index in [9.17, 15) is 0 Å². The first-order valence-corrected chi connectivity index (χ1v) is 14.5. The number of aryl methyl sites for hydroxylation is 6. The third-order valence-electron chi connectivity index (χ3n) is 5.26. The van der Waals surface area contributed by atoms with E-state index in [2.05, 4.69) is 77.9 Å². The quantitative estimate of drug-likeness (QED) is 0.514. The minimum atomic E-state index is -4.56. The Morgan fingerprint density at radius 3 is 1.00 bits per heavy atom. The summed E-state index contributed by atoms with van der Waals surface area (Å²) in [4.78, 5) is 0. The van der Waals surface area contributed by atoms with Gasteiger partial charge in [0.2, 0.25) is 0 Å². The van der Waals surface area contributed by atoms with E-state index in [1.807, 2.05) is 18.2 Å². The molecule has 0 N–H and O–H groups in total. The second-order valence-corrected chi connectivity index (χ2v) is 16.0. The molecular formula is C24H27FSn. The van der Waals surface area contributed by atoms with E-state index >= 15 is 2.87 Å². The van der Waals surface area contributed by atoms with E-state index < -0.39 is 18.9 Å². The van der Waals surface area contributed by atoms with E-state index in [1.54, 1.807) is 0 Å². The van der Waals surface area contributed by atoms with Crippen LogP contribution in [0.15, 0.2) is 54.6 Å². The predicted molar refractivity (Wildman–Crippen MR) is 114 cm³/mol. The van der Waals surface area contributed by atoms with E-state index in [4.69, 9.17) is 0 Å². The molecule has 2 heteroatoms. The zero-order valence-electron chi connectivity index (χ0n) is 16.6. The average molecular weight is 453 g/mol. The number of benzene rings is 3. The molecule has 0 aromatic heterocycles. The number of hydrogen-bond donors (Lipinski definition) is 0. The zero-order chi connectivity index (χ0) is 19.1. The molecule has 0 radical (unpaired) electrons. The SMILES string of the molecule is Cc1cc[c]([Sn]([F])([c]2ccc(C)cc2C)[c]2ccc(C)cc2C)c(C)c1. The molecule has 0 amide bonds. The Bertz CT molecular complexity index is 847. The second-order valence-electron chi connectivity index (χ2n) is 7.61. The van der Waals surface area contributed by atoms with Crippen LogP contribution in [-0.4, -0.2) is 18.9 Å². The summed E-state index contributed by atoms with van der Waals surface area (Å²) >= 11 is -4.56. The number of rotatable bonds is 3. The van der Waals surface area contributed by atoms with Crippen molar-refractivity contribution in [3.63, 3.8) is 0 Å². The van der Waals surface area contributed by atoms with Crippen LogP contribution in [0.1, 0.15) is 33.4 Å². The molecule has 0 aliphatic rings. The summed E-state index contributed by atoms with van der Waals surface area (Å²) in [5, 5.41) is 0. The molecule has 0 spiro atoms. The molecule has 3 aromatic rings. The minimum absolute atomic E-state index is 0.934. The van der Waals surface area contributed by atoms with Crippen molar-refractivity contribution in [2.75, 3.05) is 0 Å². The van der Waals surface area contributed by atoms with Gasteiger partial charge in [0.05, 0.1) is 0 Å². The van der Waals surface area contributed by atoms with Crippen LogP contribution in [0.4, 0.5) is 2.87 Å². The molecular weight excluding hydrogens is 426 g/mol. The summed E-state index contributed by atoms with van der Waals surface area (Å²) in [5.74, 6) is 0. The summed E-state index contributed by atoms with van der Waals surface area (Å²) < 4.78 is 20.2. The van der Waals surface area contributed by atoms with E-state index in [1.165, 1.54) is 16.7 Å². The molecule has 0 aliphatic carbocycles. The summed E-state index contributed by atoms with van der Waals surface area (Å²) in [6.07, 6.45) is 0. The molecule has 0 nitrogen and oxygen atoms in total. The molecule has 0 heterocycles. The van der Waals surface area contributed by atoms with Crippen molar-refractivity contribution < 1.29 is 2.87 Å². The maximum absolute atomic E-state index is 17.4. The first kappa shape index (κ1) is 19.2. The molecule has 0 atom stereocenters. The van der Waals surface area contributed by atoms with Gasteiger partial charge in [0.25, 0.3) is 0 Å². The Labute approximate surface area is 161 Å². The molecule has 0 unspecified atom stereocenters. The van der Waals surface area contributed by atoms with Crippen molar-refractivity contribution in [1.29, 1.82) is 0 Å². The fraction of sp³-hybridized carbons (Fsp3) is 0.250. The van der Waals surface area contributed by atoms with Gasteiger partial charge < -0.3 is 0 Å². The van der Waals surface area contributed by atoms with Gasteiger partial charge in [-0.25, -0.2) is 0 Å². The van der Waals surface area contributed by atoms with Gasteiger partial charge in [-0.2, -0.15) is 0 Å². The molecule has 0 bridgehead atoms. The van der Waals surface area contributed by atoms with E-state index in [0.717, 1.165) is 27.4 Å². The molecule has 3 rings (SSSR count). The molecule has 26 heavy (non-hydrogen) atoms. The predicted octanol–water partition coefficient (Wildman–Crippen LogP) is 4.47. The fourth-order valence-corrected chi connectivity index (χ4v) is 14.5. The average Bonchev–Trinajstić information content (AvgIpc) is 2.54. The van der Waals surface area contributed by atoms with Crippen LogP contribution in [-0.2, 0) is 0 Å². The maximum atomic E-state index is 17.4. The summed E-state index contributed by atoms with van der Waals surface area (Å²) in [6, 6.07) is 18.6. The van der Waals surface area contributed by atoms with Crippen molar-refractivity contribution in [1.82, 2.24) is 0 Å². The molecule has 0 saturated carbocycles. The second kappa shape index (κ2) is 7.19. The first-order valence-electron chi connectivity index (χ1n) is 9.15. The van der Waals surface area contributed by atoms with Gasteiger partial charge in [-0.15, -0.1) is 0 Å². The topological polar surface area (TPSA) is 0 Å². The van der Waals surface area contributed by atoms with Gasteiger partial charge in [0, 0.05) is 0 Å². The number of halogens is 1. The standard InChI is InChI=1S/3C8H9.FH.Sn/c3*1-7-4-3-5-8(2)6-7;;/h3*3-4,6H,1-2H3;1H;/q;;;;+1/p-1. The monoisotopic (exact) mass is 454 g/mol. The van der Waals surface area contributed by atoms with Crippen molar-refractivity contribution in [3.8, 4) is 0 Å². The molecule has 3 aromatic carbocycles. The third-order valence-corrected chi connectivity index (χ3v) is 16.4. The zero-order valence-corrected chi connectivity index (χ0v) is 19.4. The van der Waals surface area contributed by atoms with Gasteiger partial charge in [0.15, 0.2) is 0 Å². The summed E-state index contributed by atoms with van der Waals surface area (Å²) in [5.41, 5.74) is 6.76.